The van der Waals surface area contributed by atoms with E-state index < -0.39 is 6.61 Å². The molecule has 1 aliphatic rings. The van der Waals surface area contributed by atoms with Gasteiger partial charge in [-0.2, -0.15) is 8.78 Å². The minimum atomic E-state index is -3.03. The molecule has 130 valence electrons. The number of rotatable bonds is 4. The first-order valence-corrected chi connectivity index (χ1v) is 7.80. The zero-order valence-corrected chi connectivity index (χ0v) is 14.3. The molecule has 3 rings (SSSR count). The second kappa shape index (κ2) is 6.90. The van der Waals surface area contributed by atoms with Crippen molar-refractivity contribution in [3.8, 4) is 11.5 Å². The quantitative estimate of drug-likeness (QED) is 0.745. The average molecular weight is 386 g/mol. The van der Waals surface area contributed by atoms with E-state index in [0.717, 1.165) is 0 Å². The summed E-state index contributed by atoms with van der Waals surface area (Å²) >= 11 is 11.9. The Kier molecular flexibility index (Phi) is 4.83. The summed E-state index contributed by atoms with van der Waals surface area (Å²) in [4.78, 5) is 12.2. The van der Waals surface area contributed by atoms with Gasteiger partial charge in [-0.1, -0.05) is 29.3 Å². The number of carbonyl (C=O) groups is 1. The van der Waals surface area contributed by atoms with Crippen LogP contribution in [0.15, 0.2) is 30.3 Å². The molecule has 0 aromatic heterocycles. The van der Waals surface area contributed by atoms with E-state index in [4.69, 9.17) is 27.9 Å². The Balaban J connectivity index is 2.05. The molecule has 0 saturated heterocycles. The summed E-state index contributed by atoms with van der Waals surface area (Å²) in [5, 5.41) is 3.15. The second-order valence-electron chi connectivity index (χ2n) is 5.11. The number of anilines is 1. The van der Waals surface area contributed by atoms with E-state index in [0.29, 0.717) is 27.4 Å². The van der Waals surface area contributed by atoms with Gasteiger partial charge in [0, 0.05) is 16.2 Å². The maximum Gasteiger partial charge on any atom is 0.387 e. The first-order valence-electron chi connectivity index (χ1n) is 7.04. The van der Waals surface area contributed by atoms with Gasteiger partial charge in [-0.3, -0.25) is 4.79 Å². The molecule has 0 radical (unpaired) electrons. The molecule has 0 bridgehead atoms. The van der Waals surface area contributed by atoms with Crippen molar-refractivity contribution in [2.45, 2.75) is 6.61 Å². The molecule has 0 aliphatic carbocycles. The van der Waals surface area contributed by atoms with Crippen LogP contribution in [0.25, 0.3) is 11.6 Å². The smallest absolute Gasteiger partial charge is 0.387 e. The predicted octanol–water partition coefficient (Wildman–Crippen LogP) is 5.10. The fourth-order valence-electron chi connectivity index (χ4n) is 2.50. The Hall–Kier alpha value is -2.31. The van der Waals surface area contributed by atoms with Crippen LogP contribution in [0.4, 0.5) is 14.5 Å². The molecule has 25 heavy (non-hydrogen) atoms. The molecule has 1 heterocycles. The van der Waals surface area contributed by atoms with Gasteiger partial charge in [-0.25, -0.2) is 0 Å². The molecule has 1 aliphatic heterocycles. The third-order valence-corrected chi connectivity index (χ3v) is 4.05. The van der Waals surface area contributed by atoms with Gasteiger partial charge in [0.05, 0.1) is 17.8 Å². The average Bonchev–Trinajstić information content (AvgIpc) is 2.84. The number of hydrogen-bond acceptors (Lipinski definition) is 3. The van der Waals surface area contributed by atoms with E-state index in [2.05, 4.69) is 10.1 Å². The molecule has 0 unspecified atom stereocenters. The second-order valence-corrected chi connectivity index (χ2v) is 5.96. The fourth-order valence-corrected chi connectivity index (χ4v) is 2.94. The van der Waals surface area contributed by atoms with Gasteiger partial charge in [-0.15, -0.1) is 0 Å². The highest BCUT2D eigenvalue weighted by Crippen LogP contribution is 2.40. The number of hydrogen-bond donors (Lipinski definition) is 1. The van der Waals surface area contributed by atoms with Crippen LogP contribution >= 0.6 is 23.2 Å². The summed E-state index contributed by atoms with van der Waals surface area (Å²) in [6, 6.07) is 7.90. The summed E-state index contributed by atoms with van der Waals surface area (Å²) in [6.45, 7) is -3.03. The molecule has 1 N–H and O–H groups in total. The number of amides is 1. The maximum atomic E-state index is 12.5. The highest BCUT2D eigenvalue weighted by atomic mass is 35.5. The van der Waals surface area contributed by atoms with E-state index in [1.807, 2.05) is 0 Å². The van der Waals surface area contributed by atoms with Gasteiger partial charge in [0.1, 0.15) is 0 Å². The van der Waals surface area contributed by atoms with Gasteiger partial charge < -0.3 is 14.8 Å². The van der Waals surface area contributed by atoms with Gasteiger partial charge in [0.15, 0.2) is 11.5 Å². The Morgan fingerprint density at radius 3 is 2.64 bits per heavy atom. The molecular weight excluding hydrogens is 375 g/mol. The first-order chi connectivity index (χ1) is 11.9. The van der Waals surface area contributed by atoms with Crippen LogP contribution in [0.1, 0.15) is 11.1 Å². The first kappa shape index (κ1) is 17.5. The molecule has 1 amide bonds. The predicted molar refractivity (Wildman–Crippen MR) is 92.6 cm³/mol. The summed E-state index contributed by atoms with van der Waals surface area (Å²) in [6.07, 6.45) is 1.58. The molecule has 4 nitrogen and oxygen atoms in total. The van der Waals surface area contributed by atoms with Crippen LogP contribution < -0.4 is 14.8 Å². The molecule has 0 fully saturated rings. The van der Waals surface area contributed by atoms with E-state index >= 15 is 0 Å². The number of alkyl halides is 2. The molecule has 0 atom stereocenters. The van der Waals surface area contributed by atoms with E-state index in [9.17, 15) is 13.6 Å². The number of nitrogens with one attached hydrogen (secondary N) is 1. The Morgan fingerprint density at radius 2 is 1.96 bits per heavy atom. The standard InChI is InChI=1S/C17H11Cl2F2NO3/c1-24-14-6-8(5-12(19)15(14)25-17(20)21)4-11-10-3-2-9(18)7-13(10)22-16(11)23/h2-7,17H,1H3,(H,22,23). The lowest BCUT2D eigenvalue weighted by Gasteiger charge is -2.12. The largest absolute Gasteiger partial charge is 0.493 e. The number of halogens is 4. The summed E-state index contributed by atoms with van der Waals surface area (Å²) < 4.78 is 34.4. The lowest BCUT2D eigenvalue weighted by atomic mass is 10.0. The zero-order valence-electron chi connectivity index (χ0n) is 12.8. The Morgan fingerprint density at radius 1 is 1.20 bits per heavy atom. The number of fused-ring (bicyclic) bond motifs is 1. The van der Waals surface area contributed by atoms with Gasteiger partial charge in [0.2, 0.25) is 0 Å². The van der Waals surface area contributed by atoms with Crippen LogP contribution in [-0.2, 0) is 4.79 Å². The minimum Gasteiger partial charge on any atom is -0.493 e. The van der Waals surface area contributed by atoms with Gasteiger partial charge in [-0.05, 0) is 35.9 Å². The molecular formula is C17H11Cl2F2NO3. The van der Waals surface area contributed by atoms with Crippen molar-refractivity contribution in [1.82, 2.24) is 0 Å². The van der Waals surface area contributed by atoms with Crippen molar-refractivity contribution < 1.29 is 23.0 Å². The zero-order chi connectivity index (χ0) is 18.1. The van der Waals surface area contributed by atoms with Crippen LogP contribution in [0, 0.1) is 0 Å². The molecule has 0 saturated carbocycles. The molecule has 8 heteroatoms. The van der Waals surface area contributed by atoms with E-state index in [1.165, 1.54) is 19.2 Å². The monoisotopic (exact) mass is 385 g/mol. The normalized spacial score (nSPS) is 14.6. The molecule has 0 spiro atoms. The van der Waals surface area contributed by atoms with Crippen molar-refractivity contribution in [3.05, 3.63) is 51.5 Å². The van der Waals surface area contributed by atoms with Crippen LogP contribution in [0.5, 0.6) is 11.5 Å². The highest BCUT2D eigenvalue weighted by molar-refractivity contribution is 6.37. The van der Waals surface area contributed by atoms with Crippen LogP contribution in [0.3, 0.4) is 0 Å². The third-order valence-electron chi connectivity index (χ3n) is 3.53. The minimum absolute atomic E-state index is 0.0365. The number of ether oxygens (including phenoxy) is 2. The van der Waals surface area contributed by atoms with Crippen LogP contribution in [0.2, 0.25) is 10.0 Å². The number of benzene rings is 2. The number of methoxy groups -OCH3 is 1. The van der Waals surface area contributed by atoms with Crippen molar-refractivity contribution in [1.29, 1.82) is 0 Å². The summed E-state index contributed by atoms with van der Waals surface area (Å²) in [5.41, 5.74) is 2.17. The lowest BCUT2D eigenvalue weighted by molar-refractivity contribution is -0.110. The van der Waals surface area contributed by atoms with E-state index in [1.54, 1.807) is 24.3 Å². The third kappa shape index (κ3) is 3.55. The fraction of sp³-hybridized carbons (Fsp3) is 0.118. The molecule has 2 aromatic carbocycles. The SMILES string of the molecule is COc1cc(C=C2C(=O)Nc3cc(Cl)ccc32)cc(Cl)c1OC(F)F. The van der Waals surface area contributed by atoms with Gasteiger partial charge >= 0.3 is 6.61 Å². The summed E-state index contributed by atoms with van der Waals surface area (Å²) in [7, 11) is 1.31. The van der Waals surface area contributed by atoms with Crippen molar-refractivity contribution in [3.63, 3.8) is 0 Å². The van der Waals surface area contributed by atoms with Crippen molar-refractivity contribution >= 4 is 46.4 Å². The van der Waals surface area contributed by atoms with E-state index in [-0.39, 0.29) is 22.4 Å². The molecule has 2 aromatic rings. The maximum absolute atomic E-state index is 12.5. The topological polar surface area (TPSA) is 47.6 Å². The van der Waals surface area contributed by atoms with Crippen LogP contribution in [-0.4, -0.2) is 19.6 Å². The van der Waals surface area contributed by atoms with Crippen molar-refractivity contribution in [2.24, 2.45) is 0 Å². The Bertz CT molecular complexity index is 884. The van der Waals surface area contributed by atoms with Gasteiger partial charge in [0.25, 0.3) is 5.91 Å². The highest BCUT2D eigenvalue weighted by Gasteiger charge is 2.24. The number of carbonyl (C=O) groups excluding carboxylic acids is 1. The van der Waals surface area contributed by atoms with Crippen molar-refractivity contribution in [2.75, 3.05) is 12.4 Å². The lowest BCUT2D eigenvalue weighted by Crippen LogP contribution is -2.05. The Labute approximate surface area is 151 Å². The summed E-state index contributed by atoms with van der Waals surface area (Å²) in [5.74, 6) is -0.529.